The number of amides is 1. The van der Waals surface area contributed by atoms with E-state index in [1.54, 1.807) is 18.2 Å². The summed E-state index contributed by atoms with van der Waals surface area (Å²) in [5.74, 6) is -0.592. The third-order valence-electron chi connectivity index (χ3n) is 3.09. The molecule has 2 aromatic carbocycles. The van der Waals surface area contributed by atoms with E-state index in [0.717, 1.165) is 6.26 Å². The lowest BCUT2D eigenvalue weighted by Gasteiger charge is -2.07. The highest BCUT2D eigenvalue weighted by Crippen LogP contribution is 2.11. The minimum atomic E-state index is -3.35. The summed E-state index contributed by atoms with van der Waals surface area (Å²) in [6, 6.07) is 12.5. The number of anilines is 1. The van der Waals surface area contributed by atoms with E-state index in [2.05, 4.69) is 10.0 Å². The lowest BCUT2D eigenvalue weighted by atomic mass is 10.1. The summed E-state index contributed by atoms with van der Waals surface area (Å²) in [6.45, 7) is 0.309. The topological polar surface area (TPSA) is 75.3 Å². The quantitative estimate of drug-likeness (QED) is 0.849. The Kier molecular flexibility index (Phi) is 5.33. The molecule has 5 nitrogen and oxygen atoms in total. The van der Waals surface area contributed by atoms with Crippen LogP contribution in [0.2, 0.25) is 0 Å². The van der Waals surface area contributed by atoms with Crippen molar-refractivity contribution in [3.63, 3.8) is 0 Å². The van der Waals surface area contributed by atoms with E-state index in [-0.39, 0.29) is 11.7 Å². The first-order valence-electron chi connectivity index (χ1n) is 6.94. The highest BCUT2D eigenvalue weighted by atomic mass is 32.2. The predicted octanol–water partition coefficient (Wildman–Crippen LogP) is 2.17. The zero-order valence-electron chi connectivity index (χ0n) is 12.5. The molecule has 0 fully saturated rings. The molecule has 0 atom stereocenters. The highest BCUT2D eigenvalue weighted by molar-refractivity contribution is 7.92. The van der Waals surface area contributed by atoms with E-state index in [0.29, 0.717) is 29.8 Å². The van der Waals surface area contributed by atoms with Gasteiger partial charge in [-0.3, -0.25) is 9.52 Å². The molecule has 23 heavy (non-hydrogen) atoms. The highest BCUT2D eigenvalue weighted by Gasteiger charge is 2.07. The van der Waals surface area contributed by atoms with Gasteiger partial charge in [0.05, 0.1) is 6.26 Å². The molecule has 0 aromatic heterocycles. The Morgan fingerprint density at radius 1 is 1.09 bits per heavy atom. The van der Waals surface area contributed by atoms with E-state index in [9.17, 15) is 17.6 Å². The number of sulfonamides is 1. The van der Waals surface area contributed by atoms with Crippen LogP contribution in [0.1, 0.15) is 15.9 Å². The summed E-state index contributed by atoms with van der Waals surface area (Å²) in [6.07, 6.45) is 1.45. The van der Waals surface area contributed by atoms with Crippen molar-refractivity contribution in [3.8, 4) is 0 Å². The first-order valence-corrected chi connectivity index (χ1v) is 8.84. The Labute approximate surface area is 134 Å². The average Bonchev–Trinajstić information content (AvgIpc) is 2.48. The molecular formula is C16H17FN2O3S. The van der Waals surface area contributed by atoms with Crippen LogP contribution in [0.25, 0.3) is 0 Å². The first-order chi connectivity index (χ1) is 10.8. The largest absolute Gasteiger partial charge is 0.352 e. The fourth-order valence-electron chi connectivity index (χ4n) is 2.02. The Hall–Kier alpha value is -2.41. The summed E-state index contributed by atoms with van der Waals surface area (Å²) in [7, 11) is -3.35. The fraction of sp³-hybridized carbons (Fsp3) is 0.188. The van der Waals surface area contributed by atoms with Crippen LogP contribution in [0.5, 0.6) is 0 Å². The molecule has 2 rings (SSSR count). The van der Waals surface area contributed by atoms with Crippen LogP contribution in [0.4, 0.5) is 10.1 Å². The number of hydrogen-bond acceptors (Lipinski definition) is 3. The molecular weight excluding hydrogens is 319 g/mol. The van der Waals surface area contributed by atoms with Crippen molar-refractivity contribution in [1.82, 2.24) is 5.32 Å². The van der Waals surface area contributed by atoms with Crippen LogP contribution in [0, 0.1) is 5.82 Å². The van der Waals surface area contributed by atoms with Crippen molar-refractivity contribution in [3.05, 3.63) is 65.5 Å². The number of benzene rings is 2. The van der Waals surface area contributed by atoms with Gasteiger partial charge in [0, 0.05) is 17.8 Å². The average molecular weight is 336 g/mol. The lowest BCUT2D eigenvalue weighted by Crippen LogP contribution is -2.25. The molecule has 0 spiro atoms. The molecule has 0 saturated carbocycles. The van der Waals surface area contributed by atoms with Crippen LogP contribution in [-0.2, 0) is 16.4 Å². The van der Waals surface area contributed by atoms with Crippen molar-refractivity contribution < 1.29 is 17.6 Å². The first kappa shape index (κ1) is 17.0. The van der Waals surface area contributed by atoms with E-state index >= 15 is 0 Å². The number of hydrogen-bond donors (Lipinski definition) is 2. The van der Waals surface area contributed by atoms with E-state index in [1.807, 2.05) is 0 Å². The SMILES string of the molecule is CS(=O)(=O)Nc1ccc(C(=O)NCCc2ccccc2F)cc1. The van der Waals surface area contributed by atoms with Gasteiger partial charge in [-0.05, 0) is 42.3 Å². The van der Waals surface area contributed by atoms with E-state index in [4.69, 9.17) is 0 Å². The minimum Gasteiger partial charge on any atom is -0.352 e. The van der Waals surface area contributed by atoms with Crippen LogP contribution in [-0.4, -0.2) is 27.1 Å². The van der Waals surface area contributed by atoms with Gasteiger partial charge in [-0.15, -0.1) is 0 Å². The van der Waals surface area contributed by atoms with E-state index < -0.39 is 10.0 Å². The van der Waals surface area contributed by atoms with Crippen LogP contribution >= 0.6 is 0 Å². The third kappa shape index (κ3) is 5.37. The van der Waals surface area contributed by atoms with Gasteiger partial charge in [0.2, 0.25) is 10.0 Å². The summed E-state index contributed by atoms with van der Waals surface area (Å²) in [5, 5.41) is 2.70. The van der Waals surface area contributed by atoms with Crippen LogP contribution in [0.15, 0.2) is 48.5 Å². The normalized spacial score (nSPS) is 11.0. The van der Waals surface area contributed by atoms with Gasteiger partial charge in [-0.25, -0.2) is 12.8 Å². The number of carbonyl (C=O) groups excluding carboxylic acids is 1. The molecule has 0 aliphatic rings. The molecule has 7 heteroatoms. The van der Waals surface area contributed by atoms with Crippen molar-refractivity contribution in [1.29, 1.82) is 0 Å². The van der Waals surface area contributed by atoms with Gasteiger partial charge in [0.1, 0.15) is 5.82 Å². The maximum absolute atomic E-state index is 13.4. The van der Waals surface area contributed by atoms with Crippen molar-refractivity contribution in [2.75, 3.05) is 17.5 Å². The third-order valence-corrected chi connectivity index (χ3v) is 3.69. The molecule has 0 unspecified atom stereocenters. The Balaban J connectivity index is 1.90. The van der Waals surface area contributed by atoms with Gasteiger partial charge in [0.25, 0.3) is 5.91 Å². The smallest absolute Gasteiger partial charge is 0.251 e. The van der Waals surface area contributed by atoms with Gasteiger partial charge in [-0.1, -0.05) is 18.2 Å². The molecule has 0 aliphatic carbocycles. The maximum atomic E-state index is 13.4. The Morgan fingerprint density at radius 2 is 1.74 bits per heavy atom. The number of rotatable bonds is 6. The van der Waals surface area contributed by atoms with Gasteiger partial charge < -0.3 is 5.32 Å². The summed E-state index contributed by atoms with van der Waals surface area (Å²) < 4.78 is 38.0. The van der Waals surface area contributed by atoms with Gasteiger partial charge in [-0.2, -0.15) is 0 Å². The second kappa shape index (κ2) is 7.23. The molecule has 0 aliphatic heterocycles. The monoisotopic (exact) mass is 336 g/mol. The number of halogens is 1. The molecule has 0 bridgehead atoms. The molecule has 122 valence electrons. The molecule has 0 radical (unpaired) electrons. The minimum absolute atomic E-state index is 0.294. The summed E-state index contributed by atoms with van der Waals surface area (Å²) in [5.41, 5.74) is 1.33. The zero-order chi connectivity index (χ0) is 16.9. The molecule has 2 aromatic rings. The second-order valence-corrected chi connectivity index (χ2v) is 6.80. The fourth-order valence-corrected chi connectivity index (χ4v) is 2.58. The summed E-state index contributed by atoms with van der Waals surface area (Å²) in [4.78, 5) is 12.0. The van der Waals surface area contributed by atoms with Crippen molar-refractivity contribution in [2.24, 2.45) is 0 Å². The van der Waals surface area contributed by atoms with Crippen molar-refractivity contribution in [2.45, 2.75) is 6.42 Å². The van der Waals surface area contributed by atoms with Crippen molar-refractivity contribution >= 4 is 21.6 Å². The van der Waals surface area contributed by atoms with Crippen LogP contribution in [0.3, 0.4) is 0 Å². The number of nitrogens with one attached hydrogen (secondary N) is 2. The molecule has 0 heterocycles. The van der Waals surface area contributed by atoms with Crippen LogP contribution < -0.4 is 10.0 Å². The maximum Gasteiger partial charge on any atom is 0.251 e. The molecule has 1 amide bonds. The number of carbonyl (C=O) groups is 1. The van der Waals surface area contributed by atoms with E-state index in [1.165, 1.54) is 30.3 Å². The lowest BCUT2D eigenvalue weighted by molar-refractivity contribution is 0.0954. The standard InChI is InChI=1S/C16H17FN2O3S/c1-23(21,22)19-14-8-6-13(7-9-14)16(20)18-11-10-12-4-2-3-5-15(12)17/h2-9,19H,10-11H2,1H3,(H,18,20). The van der Waals surface area contributed by atoms with Gasteiger partial charge >= 0.3 is 0 Å². The molecule has 0 saturated heterocycles. The Morgan fingerprint density at radius 3 is 2.35 bits per heavy atom. The summed E-state index contributed by atoms with van der Waals surface area (Å²) >= 11 is 0. The zero-order valence-corrected chi connectivity index (χ0v) is 13.4. The Bertz CT molecular complexity index is 789. The second-order valence-electron chi connectivity index (χ2n) is 5.05. The molecule has 2 N–H and O–H groups in total. The predicted molar refractivity (Wildman–Crippen MR) is 87.3 cm³/mol. The van der Waals surface area contributed by atoms with Gasteiger partial charge in [0.15, 0.2) is 0 Å².